The number of carbonyl (C=O) groups is 4. The van der Waals surface area contributed by atoms with E-state index < -0.39 is 40.1 Å². The number of halogens is 1. The van der Waals surface area contributed by atoms with E-state index in [0.29, 0.717) is 16.9 Å². The summed E-state index contributed by atoms with van der Waals surface area (Å²) in [7, 11) is -4.34. The third-order valence-corrected chi connectivity index (χ3v) is 7.82. The van der Waals surface area contributed by atoms with Crippen LogP contribution in [-0.4, -0.2) is 42.4 Å². The van der Waals surface area contributed by atoms with Gasteiger partial charge in [-0.3, -0.25) is 19.2 Å². The monoisotopic (exact) mass is 552 g/mol. The van der Waals surface area contributed by atoms with E-state index in [0.717, 1.165) is 9.21 Å². The maximum absolute atomic E-state index is 13.8. The molecule has 2 N–H and O–H groups in total. The first-order valence-electron chi connectivity index (χ1n) is 11.8. The minimum atomic E-state index is -4.34. The van der Waals surface area contributed by atoms with Crippen LogP contribution in [0.2, 0.25) is 0 Å². The second kappa shape index (κ2) is 11.1. The van der Waals surface area contributed by atoms with Crippen molar-refractivity contribution in [2.24, 2.45) is 0 Å². The second-order valence-electron chi connectivity index (χ2n) is 8.90. The molecule has 1 fully saturated rings. The predicted molar refractivity (Wildman–Crippen MR) is 142 cm³/mol. The van der Waals surface area contributed by atoms with E-state index in [4.69, 9.17) is 0 Å². The van der Waals surface area contributed by atoms with Gasteiger partial charge in [0.15, 0.2) is 0 Å². The molecule has 1 saturated heterocycles. The fourth-order valence-corrected chi connectivity index (χ4v) is 5.76. The Morgan fingerprint density at radius 3 is 1.90 bits per heavy atom. The molecule has 3 aromatic rings. The van der Waals surface area contributed by atoms with E-state index in [1.165, 1.54) is 86.6 Å². The molecule has 1 aliphatic rings. The number of nitrogens with zero attached hydrogens (tertiary/aromatic N) is 2. The summed E-state index contributed by atoms with van der Waals surface area (Å²) in [6.07, 6.45) is -0.406. The lowest BCUT2D eigenvalue weighted by atomic mass is 10.2. The van der Waals surface area contributed by atoms with Crippen molar-refractivity contribution < 1.29 is 32.0 Å². The molecule has 0 radical (unpaired) electrons. The average Bonchev–Trinajstić information content (AvgIpc) is 3.17. The average molecular weight is 553 g/mol. The third-order valence-electron chi connectivity index (χ3n) is 5.95. The van der Waals surface area contributed by atoms with Gasteiger partial charge < -0.3 is 10.6 Å². The lowest BCUT2D eigenvalue weighted by Crippen LogP contribution is -2.45. The Morgan fingerprint density at radius 1 is 0.872 bits per heavy atom. The number of hydrogen-bond acceptors (Lipinski definition) is 6. The van der Waals surface area contributed by atoms with Gasteiger partial charge in [0.25, 0.3) is 5.91 Å². The van der Waals surface area contributed by atoms with Crippen molar-refractivity contribution in [1.82, 2.24) is 4.31 Å². The van der Waals surface area contributed by atoms with Crippen LogP contribution in [0.5, 0.6) is 0 Å². The van der Waals surface area contributed by atoms with Crippen molar-refractivity contribution in [2.45, 2.75) is 37.8 Å². The summed E-state index contributed by atoms with van der Waals surface area (Å²) in [4.78, 5) is 49.9. The molecule has 0 aliphatic carbocycles. The minimum absolute atomic E-state index is 0.155. The Morgan fingerprint density at radius 2 is 1.38 bits per heavy atom. The van der Waals surface area contributed by atoms with Gasteiger partial charge in [-0.05, 0) is 66.2 Å². The normalized spacial score (nSPS) is 15.5. The first-order valence-corrected chi connectivity index (χ1v) is 13.3. The topological polar surface area (TPSA) is 133 Å². The number of nitrogens with one attached hydrogen (secondary N) is 2. The number of carbonyl (C=O) groups excluding carboxylic acids is 4. The Bertz CT molecular complexity index is 1520. The summed E-state index contributed by atoms with van der Waals surface area (Å²) in [5, 5.41) is 5.14. The van der Waals surface area contributed by atoms with Crippen LogP contribution in [0.1, 0.15) is 25.8 Å². The van der Waals surface area contributed by atoms with Crippen LogP contribution in [0.25, 0.3) is 0 Å². The molecule has 39 heavy (non-hydrogen) atoms. The summed E-state index contributed by atoms with van der Waals surface area (Å²) in [6.45, 7) is 2.36. The van der Waals surface area contributed by atoms with Crippen molar-refractivity contribution in [3.05, 3.63) is 84.2 Å². The summed E-state index contributed by atoms with van der Waals surface area (Å²) in [5.41, 5.74) is 1.48. The van der Waals surface area contributed by atoms with Crippen molar-refractivity contribution in [3.8, 4) is 0 Å². The molecule has 12 heteroatoms. The number of rotatable bonds is 8. The van der Waals surface area contributed by atoms with Gasteiger partial charge in [0.2, 0.25) is 27.7 Å². The molecule has 1 atom stereocenters. The fourth-order valence-electron chi connectivity index (χ4n) is 4.19. The molecule has 0 bridgehead atoms. The molecule has 10 nitrogen and oxygen atoms in total. The standard InChI is InChI=1S/C27H25FN4O6S/c1-17(33)29-21-7-11-23(12-8-21)32-26(35)15-25(27(32)36)31(16-19-3-5-20(28)6-4-19)39(37,38)24-13-9-22(10-14-24)30-18(2)34/h3-14,25H,15-16H2,1-2H3,(H,29,33)(H,30,34). The zero-order chi connectivity index (χ0) is 28.3. The molecule has 4 rings (SSSR count). The van der Waals surface area contributed by atoms with Crippen LogP contribution >= 0.6 is 0 Å². The lowest BCUT2D eigenvalue weighted by Gasteiger charge is -2.27. The molecule has 3 aromatic carbocycles. The summed E-state index contributed by atoms with van der Waals surface area (Å²) < 4.78 is 42.1. The van der Waals surface area contributed by atoms with Crippen LogP contribution < -0.4 is 15.5 Å². The summed E-state index contributed by atoms with van der Waals surface area (Å²) >= 11 is 0. The highest BCUT2D eigenvalue weighted by molar-refractivity contribution is 7.89. The van der Waals surface area contributed by atoms with Crippen molar-refractivity contribution >= 4 is 50.7 Å². The van der Waals surface area contributed by atoms with Gasteiger partial charge in [0.1, 0.15) is 11.9 Å². The molecular formula is C27H25FN4O6S. The van der Waals surface area contributed by atoms with Gasteiger partial charge in [0, 0.05) is 31.8 Å². The maximum atomic E-state index is 13.8. The quantitative estimate of drug-likeness (QED) is 0.412. The number of sulfonamides is 1. The number of anilines is 3. The van der Waals surface area contributed by atoms with Gasteiger partial charge >= 0.3 is 0 Å². The zero-order valence-electron chi connectivity index (χ0n) is 21.0. The van der Waals surface area contributed by atoms with Crippen molar-refractivity contribution in [1.29, 1.82) is 0 Å². The maximum Gasteiger partial charge on any atom is 0.252 e. The van der Waals surface area contributed by atoms with Crippen molar-refractivity contribution in [3.63, 3.8) is 0 Å². The Kier molecular flexibility index (Phi) is 7.88. The highest BCUT2D eigenvalue weighted by Gasteiger charge is 2.47. The Labute approximate surface area is 224 Å². The van der Waals surface area contributed by atoms with E-state index >= 15 is 0 Å². The van der Waals surface area contributed by atoms with E-state index in [-0.39, 0.29) is 28.9 Å². The van der Waals surface area contributed by atoms with E-state index in [9.17, 15) is 32.0 Å². The lowest BCUT2D eigenvalue weighted by molar-refractivity contribution is -0.122. The largest absolute Gasteiger partial charge is 0.326 e. The van der Waals surface area contributed by atoms with Gasteiger partial charge in [-0.2, -0.15) is 4.31 Å². The van der Waals surface area contributed by atoms with Crippen molar-refractivity contribution in [2.75, 3.05) is 15.5 Å². The molecule has 0 spiro atoms. The minimum Gasteiger partial charge on any atom is -0.326 e. The first kappa shape index (κ1) is 27.6. The van der Waals surface area contributed by atoms with E-state index in [2.05, 4.69) is 10.6 Å². The fraction of sp³-hybridized carbons (Fsp3) is 0.185. The highest BCUT2D eigenvalue weighted by Crippen LogP contribution is 2.31. The molecule has 1 unspecified atom stereocenters. The second-order valence-corrected chi connectivity index (χ2v) is 10.8. The molecule has 4 amide bonds. The van der Waals surface area contributed by atoms with Crippen LogP contribution in [0.15, 0.2) is 77.7 Å². The number of amides is 4. The summed E-state index contributed by atoms with van der Waals surface area (Å²) in [6, 6.07) is 15.2. The van der Waals surface area contributed by atoms with Crippen LogP contribution in [0, 0.1) is 5.82 Å². The van der Waals surface area contributed by atoms with Gasteiger partial charge in [-0.15, -0.1) is 0 Å². The Balaban J connectivity index is 1.69. The SMILES string of the molecule is CC(=O)Nc1ccc(N2C(=O)CC(N(Cc3ccc(F)cc3)S(=O)(=O)c3ccc(NC(C)=O)cc3)C2=O)cc1. The van der Waals surface area contributed by atoms with E-state index in [1.54, 1.807) is 0 Å². The zero-order valence-corrected chi connectivity index (χ0v) is 21.9. The Hall–Kier alpha value is -4.42. The number of benzene rings is 3. The number of hydrogen-bond donors (Lipinski definition) is 2. The van der Waals surface area contributed by atoms with Gasteiger partial charge in [-0.25, -0.2) is 17.7 Å². The molecule has 202 valence electrons. The smallest absolute Gasteiger partial charge is 0.252 e. The molecular weight excluding hydrogens is 527 g/mol. The van der Waals surface area contributed by atoms with Crippen LogP contribution in [0.3, 0.4) is 0 Å². The molecule has 0 saturated carbocycles. The van der Waals surface area contributed by atoms with Gasteiger partial charge in [0.05, 0.1) is 17.0 Å². The van der Waals surface area contributed by atoms with Crippen LogP contribution in [0.4, 0.5) is 21.5 Å². The van der Waals surface area contributed by atoms with E-state index in [1.807, 2.05) is 0 Å². The molecule has 1 heterocycles. The van der Waals surface area contributed by atoms with Gasteiger partial charge in [-0.1, -0.05) is 12.1 Å². The first-order chi connectivity index (χ1) is 18.5. The predicted octanol–water partition coefficient (Wildman–Crippen LogP) is 3.27. The third kappa shape index (κ3) is 6.19. The number of imide groups is 1. The molecule has 0 aromatic heterocycles. The van der Waals surface area contributed by atoms with Crippen LogP contribution in [-0.2, 0) is 35.7 Å². The summed E-state index contributed by atoms with van der Waals surface area (Å²) in [5.74, 6) is -2.47. The molecule has 1 aliphatic heterocycles. The highest BCUT2D eigenvalue weighted by atomic mass is 32.2.